The largest absolute Gasteiger partial charge is 0.322 e. The van der Waals surface area contributed by atoms with Gasteiger partial charge in [-0.05, 0) is 24.1 Å². The van der Waals surface area contributed by atoms with Crippen molar-refractivity contribution in [3.63, 3.8) is 0 Å². The van der Waals surface area contributed by atoms with E-state index in [1.807, 2.05) is 6.07 Å². The first-order valence-electron chi connectivity index (χ1n) is 6.35. The molecular weight excluding hydrogens is 281 g/mol. The van der Waals surface area contributed by atoms with Crippen LogP contribution in [0.2, 0.25) is 5.02 Å². The first-order valence-corrected chi connectivity index (χ1v) is 6.73. The van der Waals surface area contributed by atoms with Crippen LogP contribution in [0.4, 0.5) is 4.39 Å². The predicted molar refractivity (Wildman–Crippen MR) is 73.8 cm³/mol. The Balaban J connectivity index is 2.02. The number of amides is 1. The number of carbonyl (C=O) groups is 1. The molecule has 20 heavy (non-hydrogen) atoms. The number of halogens is 2. The maximum atomic E-state index is 13.3. The van der Waals surface area contributed by atoms with E-state index in [4.69, 9.17) is 22.6 Å². The third kappa shape index (κ3) is 3.27. The van der Waals surface area contributed by atoms with E-state index in [9.17, 15) is 9.18 Å². The van der Waals surface area contributed by atoms with Crippen molar-refractivity contribution in [2.24, 2.45) is 5.73 Å². The van der Waals surface area contributed by atoms with E-state index in [0.29, 0.717) is 11.4 Å². The van der Waals surface area contributed by atoms with Crippen LogP contribution in [-0.2, 0) is 11.2 Å². The Kier molecular flexibility index (Phi) is 4.58. The molecule has 4 nitrogen and oxygen atoms in total. The predicted octanol–water partition coefficient (Wildman–Crippen LogP) is 1.67. The summed E-state index contributed by atoms with van der Waals surface area (Å²) in [6.07, 6.45) is -0.747. The van der Waals surface area contributed by atoms with Crippen LogP contribution in [0, 0.1) is 11.3 Å². The molecule has 2 rings (SSSR count). The minimum absolute atomic E-state index is 0.0502. The van der Waals surface area contributed by atoms with Crippen LogP contribution in [0.1, 0.15) is 12.0 Å². The molecule has 0 radical (unpaired) electrons. The van der Waals surface area contributed by atoms with Crippen LogP contribution < -0.4 is 5.73 Å². The van der Waals surface area contributed by atoms with Gasteiger partial charge in [0.15, 0.2) is 0 Å². The topological polar surface area (TPSA) is 70.1 Å². The first-order chi connectivity index (χ1) is 9.51. The number of alkyl halides is 1. The number of hydrogen-bond donors (Lipinski definition) is 1. The molecule has 1 amide bonds. The molecule has 1 saturated heterocycles. The molecule has 0 saturated carbocycles. The van der Waals surface area contributed by atoms with Gasteiger partial charge in [0.25, 0.3) is 0 Å². The lowest BCUT2D eigenvalue weighted by Crippen LogP contribution is -2.46. The van der Waals surface area contributed by atoms with Gasteiger partial charge in [0.1, 0.15) is 12.2 Å². The summed E-state index contributed by atoms with van der Waals surface area (Å²) in [7, 11) is 0. The average Bonchev–Trinajstić information content (AvgIpc) is 2.81. The lowest BCUT2D eigenvalue weighted by molar-refractivity contribution is -0.132. The van der Waals surface area contributed by atoms with Crippen molar-refractivity contribution in [1.82, 2.24) is 4.90 Å². The van der Waals surface area contributed by atoms with Gasteiger partial charge >= 0.3 is 0 Å². The zero-order chi connectivity index (χ0) is 14.7. The lowest BCUT2D eigenvalue weighted by Gasteiger charge is -2.23. The summed E-state index contributed by atoms with van der Waals surface area (Å²) in [5.41, 5.74) is 6.75. The Hall–Kier alpha value is -1.64. The number of nitriles is 1. The Labute approximate surface area is 121 Å². The van der Waals surface area contributed by atoms with Crippen molar-refractivity contribution >= 4 is 17.5 Å². The van der Waals surface area contributed by atoms with Gasteiger partial charge in [-0.15, -0.1) is 0 Å². The molecule has 1 aliphatic rings. The Morgan fingerprint density at radius 3 is 2.80 bits per heavy atom. The van der Waals surface area contributed by atoms with Crippen molar-refractivity contribution in [3.05, 3.63) is 34.9 Å². The van der Waals surface area contributed by atoms with Crippen molar-refractivity contribution in [1.29, 1.82) is 5.26 Å². The second kappa shape index (κ2) is 6.21. The van der Waals surface area contributed by atoms with E-state index in [2.05, 4.69) is 0 Å². The number of carbonyl (C=O) groups excluding carboxylic acids is 1. The van der Waals surface area contributed by atoms with E-state index in [0.717, 1.165) is 5.56 Å². The van der Waals surface area contributed by atoms with Crippen molar-refractivity contribution < 1.29 is 9.18 Å². The minimum Gasteiger partial charge on any atom is -0.322 e. The van der Waals surface area contributed by atoms with E-state index in [-0.39, 0.29) is 18.9 Å². The van der Waals surface area contributed by atoms with Gasteiger partial charge in [-0.3, -0.25) is 4.79 Å². The molecule has 1 aliphatic heterocycles. The van der Waals surface area contributed by atoms with Gasteiger partial charge in [-0.2, -0.15) is 5.26 Å². The Morgan fingerprint density at radius 1 is 1.55 bits per heavy atom. The lowest BCUT2D eigenvalue weighted by atomic mass is 10.1. The molecule has 2 N–H and O–H groups in total. The molecular formula is C14H15ClFN3O. The van der Waals surface area contributed by atoms with E-state index < -0.39 is 18.3 Å². The van der Waals surface area contributed by atoms with Crippen molar-refractivity contribution in [2.45, 2.75) is 31.1 Å². The Bertz CT molecular complexity index is 528. The summed E-state index contributed by atoms with van der Waals surface area (Å²) < 4.78 is 13.3. The maximum absolute atomic E-state index is 13.3. The quantitative estimate of drug-likeness (QED) is 0.922. The van der Waals surface area contributed by atoms with E-state index in [1.54, 1.807) is 24.3 Å². The van der Waals surface area contributed by atoms with Crippen LogP contribution in [0.3, 0.4) is 0 Å². The second-order valence-corrected chi connectivity index (χ2v) is 5.34. The molecule has 0 aromatic heterocycles. The van der Waals surface area contributed by atoms with Gasteiger partial charge in [0.2, 0.25) is 5.91 Å². The van der Waals surface area contributed by atoms with E-state index >= 15 is 0 Å². The van der Waals surface area contributed by atoms with Gasteiger partial charge in [-0.1, -0.05) is 23.7 Å². The third-order valence-corrected chi connectivity index (χ3v) is 3.62. The molecule has 0 unspecified atom stereocenters. The minimum atomic E-state index is -1.15. The number of benzene rings is 1. The molecule has 1 aromatic carbocycles. The van der Waals surface area contributed by atoms with Crippen LogP contribution >= 0.6 is 11.6 Å². The third-order valence-electron chi connectivity index (χ3n) is 3.37. The average molecular weight is 296 g/mol. The monoisotopic (exact) mass is 295 g/mol. The van der Waals surface area contributed by atoms with Crippen LogP contribution in [0.15, 0.2) is 24.3 Å². The summed E-state index contributed by atoms with van der Waals surface area (Å²) >= 11 is 5.78. The number of hydrogen-bond acceptors (Lipinski definition) is 3. The molecule has 0 spiro atoms. The van der Waals surface area contributed by atoms with Gasteiger partial charge in [-0.25, -0.2) is 4.39 Å². The summed E-state index contributed by atoms with van der Waals surface area (Å²) in [6.45, 7) is -0.0502. The highest BCUT2D eigenvalue weighted by molar-refractivity contribution is 6.30. The number of nitrogens with two attached hydrogens (primary N) is 1. The zero-order valence-corrected chi connectivity index (χ0v) is 11.6. The fourth-order valence-electron chi connectivity index (χ4n) is 2.33. The van der Waals surface area contributed by atoms with Crippen molar-refractivity contribution in [2.75, 3.05) is 6.54 Å². The highest BCUT2D eigenvalue weighted by Gasteiger charge is 2.37. The fourth-order valence-corrected chi connectivity index (χ4v) is 2.45. The number of nitrogens with zero attached hydrogens (tertiary/aromatic N) is 2. The standard InChI is InChI=1S/C14H15ClFN3O/c15-10-3-1-9(2-4-10)5-13(18)14(20)19-8-11(16)6-12(19)7-17/h1-4,11-13H,5-6,8,18H2/t11-,12-,13-/m0/s1. The molecule has 6 heteroatoms. The maximum Gasteiger partial charge on any atom is 0.241 e. The Morgan fingerprint density at radius 2 is 2.20 bits per heavy atom. The summed E-state index contributed by atoms with van der Waals surface area (Å²) in [4.78, 5) is 13.4. The molecule has 3 atom stereocenters. The molecule has 1 aromatic rings. The SMILES string of the molecule is N#C[C@@H]1C[C@H](F)CN1C(=O)[C@@H](N)Cc1ccc(Cl)cc1. The number of likely N-dealkylation sites (tertiary alicyclic amines) is 1. The van der Waals surface area contributed by atoms with E-state index in [1.165, 1.54) is 4.90 Å². The summed E-state index contributed by atoms with van der Waals surface area (Å²) in [5, 5.41) is 9.55. The summed E-state index contributed by atoms with van der Waals surface area (Å²) in [5.74, 6) is -0.383. The van der Waals surface area contributed by atoms with Gasteiger partial charge < -0.3 is 10.6 Å². The van der Waals surface area contributed by atoms with Crippen LogP contribution in [0.25, 0.3) is 0 Å². The second-order valence-electron chi connectivity index (χ2n) is 4.91. The first kappa shape index (κ1) is 14.8. The fraction of sp³-hybridized carbons (Fsp3) is 0.429. The normalized spacial score (nSPS) is 23.4. The highest BCUT2D eigenvalue weighted by atomic mass is 35.5. The van der Waals surface area contributed by atoms with Gasteiger partial charge in [0, 0.05) is 11.4 Å². The zero-order valence-electron chi connectivity index (χ0n) is 10.8. The van der Waals surface area contributed by atoms with Gasteiger partial charge in [0.05, 0.1) is 18.7 Å². The molecule has 0 bridgehead atoms. The molecule has 106 valence electrons. The molecule has 1 heterocycles. The highest BCUT2D eigenvalue weighted by Crippen LogP contribution is 2.21. The van der Waals surface area contributed by atoms with Crippen LogP contribution in [-0.4, -0.2) is 35.6 Å². The number of rotatable bonds is 3. The van der Waals surface area contributed by atoms with Crippen LogP contribution in [0.5, 0.6) is 0 Å². The summed E-state index contributed by atoms with van der Waals surface area (Å²) in [6, 6.07) is 7.47. The smallest absolute Gasteiger partial charge is 0.241 e. The molecule has 0 aliphatic carbocycles. The molecule has 1 fully saturated rings. The van der Waals surface area contributed by atoms with Crippen molar-refractivity contribution in [3.8, 4) is 6.07 Å².